The zero-order valence-corrected chi connectivity index (χ0v) is 10.7. The van der Waals surface area contributed by atoms with Gasteiger partial charge < -0.3 is 25.5 Å². The number of barbiturate groups is 1. The fourth-order valence-electron chi connectivity index (χ4n) is 1.50. The molecule has 1 saturated heterocycles. The number of nitrogens with zero attached hydrogens (tertiary/aromatic N) is 1. The van der Waals surface area contributed by atoms with E-state index in [2.05, 4.69) is 0 Å². The molecule has 1 heterocycles. The van der Waals surface area contributed by atoms with Crippen molar-refractivity contribution in [1.29, 1.82) is 0 Å². The van der Waals surface area contributed by atoms with Gasteiger partial charge in [-0.1, -0.05) is 0 Å². The van der Waals surface area contributed by atoms with Crippen molar-refractivity contribution in [3.8, 4) is 0 Å². The van der Waals surface area contributed by atoms with E-state index in [0.29, 0.717) is 0 Å². The van der Waals surface area contributed by atoms with Gasteiger partial charge in [0.05, 0.1) is 6.61 Å². The molecule has 12 heteroatoms. The van der Waals surface area contributed by atoms with Gasteiger partial charge >= 0.3 is 23.6 Å². The summed E-state index contributed by atoms with van der Waals surface area (Å²) in [7, 11) is 0. The van der Waals surface area contributed by atoms with E-state index in [9.17, 15) is 39.3 Å². The van der Waals surface area contributed by atoms with Gasteiger partial charge in [-0.3, -0.25) is 24.5 Å². The Balaban J connectivity index is 2.94. The zero-order chi connectivity index (χ0) is 17.2. The minimum Gasteiger partial charge on any atom is -0.394 e. The molecule has 0 aromatic rings. The largest absolute Gasteiger partial charge is 0.394 e. The second-order valence-corrected chi connectivity index (χ2v) is 4.24. The summed E-state index contributed by atoms with van der Waals surface area (Å²) in [4.78, 5) is 56.0. The maximum Gasteiger partial charge on any atom is 0.338 e. The molecule has 1 aliphatic heterocycles. The standard InChI is InChI=1S/C10H12N2O10/c13-1-2(14)3(15)4(16)5(17)8(20)12-9(21)6(18)7(19)11-10(12)22/h2-5,13-17H,1H2,(H,11,19,22)/t2-,3-,4+,5-/m1/s1. The van der Waals surface area contributed by atoms with Crippen LogP contribution in [-0.2, 0) is 19.2 Å². The number of aliphatic hydroxyl groups is 5. The summed E-state index contributed by atoms with van der Waals surface area (Å²) < 4.78 is 0. The van der Waals surface area contributed by atoms with Crippen molar-refractivity contribution in [1.82, 2.24) is 10.2 Å². The first-order valence-electron chi connectivity index (χ1n) is 5.74. The van der Waals surface area contributed by atoms with Gasteiger partial charge in [0, 0.05) is 0 Å². The first kappa shape index (κ1) is 17.8. The predicted molar refractivity (Wildman–Crippen MR) is 61.5 cm³/mol. The van der Waals surface area contributed by atoms with Crippen LogP contribution in [0, 0.1) is 0 Å². The number of hydrogen-bond acceptors (Lipinski definition) is 10. The Morgan fingerprint density at radius 2 is 1.59 bits per heavy atom. The Hall–Kier alpha value is -2.25. The first-order chi connectivity index (χ1) is 10.1. The second-order valence-electron chi connectivity index (χ2n) is 4.24. The van der Waals surface area contributed by atoms with Gasteiger partial charge in [-0.15, -0.1) is 0 Å². The van der Waals surface area contributed by atoms with E-state index < -0.39 is 65.5 Å². The monoisotopic (exact) mass is 320 g/mol. The Labute approximate surface area is 121 Å². The van der Waals surface area contributed by atoms with Crippen molar-refractivity contribution in [2.24, 2.45) is 0 Å². The highest BCUT2D eigenvalue weighted by Crippen LogP contribution is 2.10. The SMILES string of the molecule is O=C1NC(=O)N(C(=O)[C@H](O)[C@@H](O)[C@H](O)[C@H](O)CO)C(=O)C1=O. The van der Waals surface area contributed by atoms with Crippen LogP contribution in [0.2, 0.25) is 0 Å². The number of aliphatic hydroxyl groups excluding tert-OH is 5. The van der Waals surface area contributed by atoms with Gasteiger partial charge in [0.15, 0.2) is 6.10 Å². The number of imide groups is 4. The van der Waals surface area contributed by atoms with Gasteiger partial charge in [-0.05, 0) is 0 Å². The van der Waals surface area contributed by atoms with Crippen molar-refractivity contribution in [3.05, 3.63) is 0 Å². The van der Waals surface area contributed by atoms with Crippen LogP contribution in [0.3, 0.4) is 0 Å². The Bertz CT molecular complexity index is 532. The van der Waals surface area contributed by atoms with Crippen LogP contribution in [0.25, 0.3) is 0 Å². The normalized spacial score (nSPS) is 21.2. The summed E-state index contributed by atoms with van der Waals surface area (Å²) in [5, 5.41) is 47.3. The van der Waals surface area contributed by atoms with E-state index in [-0.39, 0.29) is 0 Å². The molecule has 12 nitrogen and oxygen atoms in total. The lowest BCUT2D eigenvalue weighted by atomic mass is 10.0. The molecule has 22 heavy (non-hydrogen) atoms. The van der Waals surface area contributed by atoms with E-state index in [1.807, 2.05) is 0 Å². The van der Waals surface area contributed by atoms with E-state index in [1.165, 1.54) is 5.32 Å². The molecule has 0 aromatic carbocycles. The zero-order valence-electron chi connectivity index (χ0n) is 10.7. The highest BCUT2D eigenvalue weighted by molar-refractivity contribution is 6.68. The van der Waals surface area contributed by atoms with Gasteiger partial charge in [-0.2, -0.15) is 4.90 Å². The number of carbonyl (C=O) groups excluding carboxylic acids is 5. The maximum atomic E-state index is 11.7. The molecule has 0 spiro atoms. The summed E-state index contributed by atoms with van der Waals surface area (Å²) in [6.07, 6.45) is -9.09. The average Bonchev–Trinajstić information content (AvgIpc) is 2.49. The molecule has 1 rings (SSSR count). The minimum atomic E-state index is -2.59. The maximum absolute atomic E-state index is 11.7. The minimum absolute atomic E-state index is 0.421. The summed E-state index contributed by atoms with van der Waals surface area (Å²) in [5.41, 5.74) is 0. The number of nitrogens with one attached hydrogen (secondary N) is 1. The highest BCUT2D eigenvalue weighted by Gasteiger charge is 2.47. The fraction of sp³-hybridized carbons (Fsp3) is 0.500. The lowest BCUT2D eigenvalue weighted by Gasteiger charge is -2.28. The summed E-state index contributed by atoms with van der Waals surface area (Å²) in [5.74, 6) is -6.96. The topological polar surface area (TPSA) is 202 Å². The summed E-state index contributed by atoms with van der Waals surface area (Å²) in [6, 6.07) is -1.62. The number of amides is 5. The third-order valence-electron chi connectivity index (χ3n) is 2.76. The number of carbonyl (C=O) groups is 5. The number of Topliss-reactive ketones (excluding diaryl/α,β-unsaturated/α-hetero) is 1. The third-order valence-corrected chi connectivity index (χ3v) is 2.76. The summed E-state index contributed by atoms with van der Waals surface area (Å²) in [6.45, 7) is -1.02. The number of hydrogen-bond donors (Lipinski definition) is 6. The predicted octanol–water partition coefficient (Wildman–Crippen LogP) is -5.40. The Morgan fingerprint density at radius 1 is 1.05 bits per heavy atom. The van der Waals surface area contributed by atoms with Crippen LogP contribution < -0.4 is 5.32 Å². The number of urea groups is 1. The molecular weight excluding hydrogens is 308 g/mol. The van der Waals surface area contributed by atoms with Crippen LogP contribution in [0.5, 0.6) is 0 Å². The molecule has 122 valence electrons. The second kappa shape index (κ2) is 6.67. The van der Waals surface area contributed by atoms with E-state index in [1.54, 1.807) is 0 Å². The quantitative estimate of drug-likeness (QED) is 0.265. The van der Waals surface area contributed by atoms with Gasteiger partial charge in [-0.25, -0.2) is 4.79 Å². The number of ketones is 1. The molecule has 0 unspecified atom stereocenters. The molecule has 0 aliphatic carbocycles. The molecule has 1 aliphatic rings. The Morgan fingerprint density at radius 3 is 2.09 bits per heavy atom. The van der Waals surface area contributed by atoms with Gasteiger partial charge in [0.25, 0.3) is 5.91 Å². The van der Waals surface area contributed by atoms with E-state index >= 15 is 0 Å². The van der Waals surface area contributed by atoms with Crippen molar-refractivity contribution in [2.75, 3.05) is 6.61 Å². The van der Waals surface area contributed by atoms with Crippen LogP contribution in [0.4, 0.5) is 4.79 Å². The molecule has 6 N–H and O–H groups in total. The van der Waals surface area contributed by atoms with E-state index in [4.69, 9.17) is 10.2 Å². The molecule has 0 saturated carbocycles. The van der Waals surface area contributed by atoms with Crippen molar-refractivity contribution in [3.63, 3.8) is 0 Å². The summed E-state index contributed by atoms with van der Waals surface area (Å²) >= 11 is 0. The highest BCUT2D eigenvalue weighted by atomic mass is 16.4. The van der Waals surface area contributed by atoms with Crippen LogP contribution in [0.15, 0.2) is 0 Å². The van der Waals surface area contributed by atoms with Crippen molar-refractivity contribution >= 4 is 29.5 Å². The van der Waals surface area contributed by atoms with Crippen LogP contribution >= 0.6 is 0 Å². The van der Waals surface area contributed by atoms with Crippen LogP contribution in [0.1, 0.15) is 0 Å². The van der Waals surface area contributed by atoms with Gasteiger partial charge in [0.2, 0.25) is 0 Å². The van der Waals surface area contributed by atoms with Crippen molar-refractivity contribution in [2.45, 2.75) is 24.4 Å². The molecule has 5 amide bonds. The van der Waals surface area contributed by atoms with Gasteiger partial charge in [0.1, 0.15) is 18.3 Å². The molecular formula is C10H12N2O10. The molecule has 1 fully saturated rings. The van der Waals surface area contributed by atoms with Crippen LogP contribution in [-0.4, -0.2) is 91.0 Å². The lowest BCUT2D eigenvalue weighted by Crippen LogP contribution is -2.64. The molecule has 0 bridgehead atoms. The smallest absolute Gasteiger partial charge is 0.338 e. The third kappa shape index (κ3) is 3.15. The molecule has 0 radical (unpaired) electrons. The molecule has 0 aromatic heterocycles. The number of rotatable bonds is 5. The van der Waals surface area contributed by atoms with Crippen molar-refractivity contribution < 1.29 is 49.5 Å². The average molecular weight is 320 g/mol. The van der Waals surface area contributed by atoms with E-state index in [0.717, 1.165) is 0 Å². The Kier molecular flexibility index (Phi) is 5.40. The first-order valence-corrected chi connectivity index (χ1v) is 5.74. The lowest BCUT2D eigenvalue weighted by molar-refractivity contribution is -0.164. The molecule has 4 atom stereocenters. The fourth-order valence-corrected chi connectivity index (χ4v) is 1.50.